The molecule has 110 valence electrons. The van der Waals surface area contributed by atoms with E-state index in [2.05, 4.69) is 16.1 Å². The van der Waals surface area contributed by atoms with E-state index in [4.69, 9.17) is 10.7 Å². The SMILES string of the molecule is C=CCn1c(C2CCCC2)nc(-c2ccc(C)nc2)c1N. The second-order valence-electron chi connectivity index (χ2n) is 5.77. The number of hydrogen-bond donors (Lipinski definition) is 1. The lowest BCUT2D eigenvalue weighted by Crippen LogP contribution is -2.08. The smallest absolute Gasteiger partial charge is 0.132 e. The lowest BCUT2D eigenvalue weighted by molar-refractivity contribution is 0.618. The maximum atomic E-state index is 6.35. The second kappa shape index (κ2) is 5.72. The third-order valence-corrected chi connectivity index (χ3v) is 4.25. The van der Waals surface area contributed by atoms with Gasteiger partial charge >= 0.3 is 0 Å². The first-order valence-electron chi connectivity index (χ1n) is 7.60. The molecule has 0 saturated heterocycles. The number of anilines is 1. The fourth-order valence-corrected chi connectivity index (χ4v) is 3.12. The molecule has 1 aliphatic carbocycles. The van der Waals surface area contributed by atoms with Crippen LogP contribution in [0.5, 0.6) is 0 Å². The Morgan fingerprint density at radius 3 is 2.76 bits per heavy atom. The predicted molar refractivity (Wildman–Crippen MR) is 86.0 cm³/mol. The Labute approximate surface area is 125 Å². The first-order chi connectivity index (χ1) is 10.2. The van der Waals surface area contributed by atoms with E-state index in [1.165, 1.54) is 25.7 Å². The first kappa shape index (κ1) is 13.9. The number of hydrogen-bond acceptors (Lipinski definition) is 3. The van der Waals surface area contributed by atoms with Gasteiger partial charge < -0.3 is 10.3 Å². The van der Waals surface area contributed by atoms with Crippen LogP contribution in [0.4, 0.5) is 5.82 Å². The number of nitrogen functional groups attached to an aromatic ring is 1. The summed E-state index contributed by atoms with van der Waals surface area (Å²) >= 11 is 0. The summed E-state index contributed by atoms with van der Waals surface area (Å²) in [6, 6.07) is 4.04. The Morgan fingerprint density at radius 2 is 2.14 bits per heavy atom. The lowest BCUT2D eigenvalue weighted by atomic mass is 10.1. The standard InChI is InChI=1S/C17H22N4/c1-3-10-21-16(18)15(14-9-8-12(2)19-11-14)20-17(21)13-6-4-5-7-13/h3,8-9,11,13H,1,4-7,10,18H2,2H3. The molecule has 0 unspecified atom stereocenters. The fourth-order valence-electron chi connectivity index (χ4n) is 3.12. The van der Waals surface area contributed by atoms with Crippen LogP contribution in [0.2, 0.25) is 0 Å². The summed E-state index contributed by atoms with van der Waals surface area (Å²) in [5.74, 6) is 2.36. The summed E-state index contributed by atoms with van der Waals surface area (Å²) in [5, 5.41) is 0. The Balaban J connectivity index is 2.06. The molecule has 2 aromatic heterocycles. The molecule has 1 fully saturated rings. The highest BCUT2D eigenvalue weighted by atomic mass is 15.1. The average molecular weight is 282 g/mol. The zero-order chi connectivity index (χ0) is 14.8. The number of nitrogens with zero attached hydrogens (tertiary/aromatic N) is 3. The summed E-state index contributed by atoms with van der Waals surface area (Å²) in [7, 11) is 0. The van der Waals surface area contributed by atoms with Crippen LogP contribution in [0.15, 0.2) is 31.0 Å². The normalized spacial score (nSPS) is 15.5. The van der Waals surface area contributed by atoms with E-state index in [1.807, 2.05) is 31.3 Å². The van der Waals surface area contributed by atoms with Gasteiger partial charge in [0.1, 0.15) is 17.3 Å². The van der Waals surface area contributed by atoms with Crippen molar-refractivity contribution < 1.29 is 0 Å². The minimum Gasteiger partial charge on any atom is -0.383 e. The van der Waals surface area contributed by atoms with Crippen molar-refractivity contribution >= 4 is 5.82 Å². The van der Waals surface area contributed by atoms with Gasteiger partial charge in [-0.3, -0.25) is 4.98 Å². The van der Waals surface area contributed by atoms with E-state index >= 15 is 0 Å². The minimum atomic E-state index is 0.527. The number of nitrogens with two attached hydrogens (primary N) is 1. The molecule has 0 radical (unpaired) electrons. The number of pyridine rings is 1. The molecule has 0 amide bonds. The van der Waals surface area contributed by atoms with Gasteiger partial charge in [0.25, 0.3) is 0 Å². The quantitative estimate of drug-likeness (QED) is 0.870. The van der Waals surface area contributed by atoms with Crippen molar-refractivity contribution in [3.63, 3.8) is 0 Å². The molecule has 0 atom stereocenters. The lowest BCUT2D eigenvalue weighted by Gasteiger charge is -2.11. The van der Waals surface area contributed by atoms with Gasteiger partial charge in [0.2, 0.25) is 0 Å². The Kier molecular flexibility index (Phi) is 3.78. The zero-order valence-electron chi connectivity index (χ0n) is 12.5. The van der Waals surface area contributed by atoms with Gasteiger partial charge in [-0.15, -0.1) is 6.58 Å². The van der Waals surface area contributed by atoms with Gasteiger partial charge in [0.15, 0.2) is 0 Å². The van der Waals surface area contributed by atoms with E-state index in [0.29, 0.717) is 12.5 Å². The molecule has 0 spiro atoms. The predicted octanol–water partition coefficient (Wildman–Crippen LogP) is 3.68. The van der Waals surface area contributed by atoms with Gasteiger partial charge in [-0.1, -0.05) is 18.9 Å². The van der Waals surface area contributed by atoms with Gasteiger partial charge in [-0.05, 0) is 31.9 Å². The Hall–Kier alpha value is -2.10. The first-order valence-corrected chi connectivity index (χ1v) is 7.60. The van der Waals surface area contributed by atoms with E-state index in [0.717, 1.165) is 28.6 Å². The van der Waals surface area contributed by atoms with Crippen molar-refractivity contribution in [2.75, 3.05) is 5.73 Å². The van der Waals surface area contributed by atoms with Crippen molar-refractivity contribution in [3.8, 4) is 11.3 Å². The fraction of sp³-hybridized carbons (Fsp3) is 0.412. The molecule has 4 nitrogen and oxygen atoms in total. The van der Waals surface area contributed by atoms with Crippen LogP contribution < -0.4 is 5.73 Å². The molecule has 2 aromatic rings. The Bertz CT molecular complexity index is 634. The van der Waals surface area contributed by atoms with Crippen LogP contribution in [0.3, 0.4) is 0 Å². The number of allylic oxidation sites excluding steroid dienone is 1. The van der Waals surface area contributed by atoms with Crippen LogP contribution >= 0.6 is 0 Å². The summed E-state index contributed by atoms with van der Waals surface area (Å²) < 4.78 is 2.11. The molecule has 1 aliphatic rings. The van der Waals surface area contributed by atoms with Crippen LogP contribution in [-0.2, 0) is 6.54 Å². The molecule has 4 heteroatoms. The van der Waals surface area contributed by atoms with Crippen LogP contribution in [0.1, 0.15) is 43.1 Å². The monoisotopic (exact) mass is 282 g/mol. The van der Waals surface area contributed by atoms with Crippen LogP contribution in [0.25, 0.3) is 11.3 Å². The summed E-state index contributed by atoms with van der Waals surface area (Å²) in [6.45, 7) is 6.53. The molecule has 0 aliphatic heterocycles. The highest BCUT2D eigenvalue weighted by Crippen LogP contribution is 2.37. The molecule has 21 heavy (non-hydrogen) atoms. The molecule has 2 N–H and O–H groups in total. The Morgan fingerprint density at radius 1 is 1.38 bits per heavy atom. The van der Waals surface area contributed by atoms with Gasteiger partial charge in [0, 0.05) is 29.9 Å². The second-order valence-corrected chi connectivity index (χ2v) is 5.77. The average Bonchev–Trinajstić information content (AvgIpc) is 3.10. The topological polar surface area (TPSA) is 56.7 Å². The van der Waals surface area contributed by atoms with E-state index in [-0.39, 0.29) is 0 Å². The highest BCUT2D eigenvalue weighted by molar-refractivity contribution is 5.70. The van der Waals surface area contributed by atoms with Crippen molar-refractivity contribution in [1.29, 1.82) is 0 Å². The number of imidazole rings is 1. The molecular formula is C17H22N4. The van der Waals surface area contributed by atoms with Crippen LogP contribution in [0, 0.1) is 6.92 Å². The molecule has 1 saturated carbocycles. The zero-order valence-corrected chi connectivity index (χ0v) is 12.5. The van der Waals surface area contributed by atoms with Crippen LogP contribution in [-0.4, -0.2) is 14.5 Å². The highest BCUT2D eigenvalue weighted by Gasteiger charge is 2.25. The van der Waals surface area contributed by atoms with Gasteiger partial charge in [-0.2, -0.15) is 0 Å². The molecule has 2 heterocycles. The van der Waals surface area contributed by atoms with E-state index in [9.17, 15) is 0 Å². The molecular weight excluding hydrogens is 260 g/mol. The maximum Gasteiger partial charge on any atom is 0.132 e. The third kappa shape index (κ3) is 2.58. The summed E-state index contributed by atoms with van der Waals surface area (Å²) in [6.07, 6.45) is 8.72. The maximum absolute atomic E-state index is 6.35. The van der Waals surface area contributed by atoms with Crippen molar-refractivity contribution in [2.24, 2.45) is 0 Å². The van der Waals surface area contributed by atoms with Crippen molar-refractivity contribution in [2.45, 2.75) is 45.1 Å². The van der Waals surface area contributed by atoms with Crippen molar-refractivity contribution in [1.82, 2.24) is 14.5 Å². The van der Waals surface area contributed by atoms with Gasteiger partial charge in [-0.25, -0.2) is 4.98 Å². The van der Waals surface area contributed by atoms with E-state index in [1.54, 1.807) is 0 Å². The molecule has 0 bridgehead atoms. The number of rotatable bonds is 4. The number of aryl methyl sites for hydroxylation is 1. The third-order valence-electron chi connectivity index (χ3n) is 4.25. The number of aromatic nitrogens is 3. The molecule has 3 rings (SSSR count). The minimum absolute atomic E-state index is 0.527. The summed E-state index contributed by atoms with van der Waals surface area (Å²) in [5.41, 5.74) is 9.19. The summed E-state index contributed by atoms with van der Waals surface area (Å²) in [4.78, 5) is 9.21. The van der Waals surface area contributed by atoms with Gasteiger partial charge in [0.05, 0.1) is 0 Å². The van der Waals surface area contributed by atoms with Crippen molar-refractivity contribution in [3.05, 3.63) is 42.5 Å². The largest absolute Gasteiger partial charge is 0.383 e. The van der Waals surface area contributed by atoms with E-state index < -0.39 is 0 Å². The molecule has 0 aromatic carbocycles.